The van der Waals surface area contributed by atoms with Crippen molar-refractivity contribution in [2.24, 2.45) is 0 Å². The molecule has 0 saturated heterocycles. The minimum atomic E-state index is -0.120. The van der Waals surface area contributed by atoms with E-state index in [1.165, 1.54) is 11.3 Å². The highest BCUT2D eigenvalue weighted by molar-refractivity contribution is 6.30. The highest BCUT2D eigenvalue weighted by Crippen LogP contribution is 2.34. The number of anilines is 1. The first-order valence-corrected chi connectivity index (χ1v) is 9.02. The van der Waals surface area contributed by atoms with Gasteiger partial charge in [-0.1, -0.05) is 29.8 Å². The SMILES string of the molecule is O=C(NC[C@@H](c1ccco1)N1CCc2ccccc21)c1ccc(Cl)cc1. The van der Waals surface area contributed by atoms with Crippen LogP contribution in [-0.4, -0.2) is 19.0 Å². The van der Waals surface area contributed by atoms with Gasteiger partial charge in [-0.3, -0.25) is 4.79 Å². The van der Waals surface area contributed by atoms with Gasteiger partial charge in [0.25, 0.3) is 5.91 Å². The lowest BCUT2D eigenvalue weighted by atomic mass is 10.1. The van der Waals surface area contributed by atoms with Crippen LogP contribution in [0.4, 0.5) is 5.69 Å². The Morgan fingerprint density at radius 2 is 1.92 bits per heavy atom. The van der Waals surface area contributed by atoms with E-state index in [1.54, 1.807) is 30.5 Å². The normalized spacial score (nSPS) is 14.1. The van der Waals surface area contributed by atoms with Gasteiger partial charge in [0.2, 0.25) is 0 Å². The standard InChI is InChI=1S/C21H19ClN2O2/c22-17-9-7-16(8-10-17)21(25)23-14-19(20-6-3-13-26-20)24-12-11-15-4-1-2-5-18(15)24/h1-10,13,19H,11-12,14H2,(H,23,25)/t19-/m0/s1. The predicted octanol–water partition coefficient (Wildman–Crippen LogP) is 4.47. The number of furan rings is 1. The van der Waals surface area contributed by atoms with Crippen LogP contribution in [0, 0.1) is 0 Å². The molecular formula is C21H19ClN2O2. The average Bonchev–Trinajstić information content (AvgIpc) is 3.33. The van der Waals surface area contributed by atoms with Gasteiger partial charge in [0, 0.05) is 29.4 Å². The minimum Gasteiger partial charge on any atom is -0.467 e. The summed E-state index contributed by atoms with van der Waals surface area (Å²) >= 11 is 5.89. The molecule has 26 heavy (non-hydrogen) atoms. The molecule has 0 saturated carbocycles. The van der Waals surface area contributed by atoms with Crippen LogP contribution in [0.1, 0.15) is 27.7 Å². The van der Waals surface area contributed by atoms with Crippen LogP contribution >= 0.6 is 11.6 Å². The lowest BCUT2D eigenvalue weighted by molar-refractivity contribution is 0.0950. The quantitative estimate of drug-likeness (QED) is 0.724. The molecule has 4 nitrogen and oxygen atoms in total. The number of amides is 1. The summed E-state index contributed by atoms with van der Waals surface area (Å²) in [4.78, 5) is 14.8. The van der Waals surface area contributed by atoms with E-state index in [0.29, 0.717) is 17.1 Å². The molecule has 132 valence electrons. The van der Waals surface area contributed by atoms with Crippen LogP contribution in [0.2, 0.25) is 5.02 Å². The van der Waals surface area contributed by atoms with Crippen molar-refractivity contribution < 1.29 is 9.21 Å². The maximum Gasteiger partial charge on any atom is 0.251 e. The Balaban J connectivity index is 1.54. The number of nitrogens with one attached hydrogen (secondary N) is 1. The van der Waals surface area contributed by atoms with E-state index in [0.717, 1.165) is 18.7 Å². The van der Waals surface area contributed by atoms with Crippen molar-refractivity contribution in [1.82, 2.24) is 5.32 Å². The van der Waals surface area contributed by atoms with Gasteiger partial charge in [0.1, 0.15) is 11.8 Å². The molecule has 3 aromatic rings. The van der Waals surface area contributed by atoms with E-state index in [-0.39, 0.29) is 11.9 Å². The number of hydrogen-bond donors (Lipinski definition) is 1. The van der Waals surface area contributed by atoms with E-state index in [2.05, 4.69) is 28.4 Å². The van der Waals surface area contributed by atoms with Gasteiger partial charge >= 0.3 is 0 Å². The number of carbonyl (C=O) groups is 1. The van der Waals surface area contributed by atoms with Gasteiger partial charge < -0.3 is 14.6 Å². The molecule has 2 heterocycles. The Kier molecular flexibility index (Phi) is 4.67. The summed E-state index contributed by atoms with van der Waals surface area (Å²) in [6.07, 6.45) is 2.67. The van der Waals surface area contributed by atoms with Crippen molar-refractivity contribution in [2.75, 3.05) is 18.0 Å². The fourth-order valence-electron chi connectivity index (χ4n) is 3.43. The topological polar surface area (TPSA) is 45.5 Å². The summed E-state index contributed by atoms with van der Waals surface area (Å²) in [7, 11) is 0. The molecule has 4 rings (SSSR count). The summed E-state index contributed by atoms with van der Waals surface area (Å²) in [5, 5.41) is 3.65. The van der Waals surface area contributed by atoms with Gasteiger partial charge in [-0.25, -0.2) is 0 Å². The maximum absolute atomic E-state index is 12.5. The monoisotopic (exact) mass is 366 g/mol. The van der Waals surface area contributed by atoms with Crippen molar-refractivity contribution in [3.63, 3.8) is 0 Å². The van der Waals surface area contributed by atoms with Crippen LogP contribution in [0.3, 0.4) is 0 Å². The van der Waals surface area contributed by atoms with Crippen LogP contribution < -0.4 is 10.2 Å². The van der Waals surface area contributed by atoms with Crippen LogP contribution in [0.15, 0.2) is 71.3 Å². The molecule has 1 aliphatic heterocycles. The van der Waals surface area contributed by atoms with Crippen molar-refractivity contribution in [1.29, 1.82) is 0 Å². The number of benzene rings is 2. The highest BCUT2D eigenvalue weighted by Gasteiger charge is 2.29. The average molecular weight is 367 g/mol. The zero-order valence-electron chi connectivity index (χ0n) is 14.2. The third-order valence-corrected chi connectivity index (χ3v) is 4.99. The molecule has 0 fully saturated rings. The van der Waals surface area contributed by atoms with Gasteiger partial charge in [-0.2, -0.15) is 0 Å². The second kappa shape index (κ2) is 7.26. The molecule has 1 N–H and O–H groups in total. The first-order chi connectivity index (χ1) is 12.7. The Hall–Kier alpha value is -2.72. The van der Waals surface area contributed by atoms with Crippen molar-refractivity contribution >= 4 is 23.2 Å². The van der Waals surface area contributed by atoms with Crippen LogP contribution in [-0.2, 0) is 6.42 Å². The summed E-state index contributed by atoms with van der Waals surface area (Å²) in [5.74, 6) is 0.726. The van der Waals surface area contributed by atoms with Gasteiger partial charge in [0.05, 0.1) is 6.26 Å². The Labute approximate surface area is 157 Å². The Bertz CT molecular complexity index is 891. The fourth-order valence-corrected chi connectivity index (χ4v) is 3.55. The number of carbonyl (C=O) groups excluding carboxylic acids is 1. The van der Waals surface area contributed by atoms with E-state index < -0.39 is 0 Å². The van der Waals surface area contributed by atoms with Crippen molar-refractivity contribution in [2.45, 2.75) is 12.5 Å². The molecule has 1 aromatic heterocycles. The lowest BCUT2D eigenvalue weighted by Gasteiger charge is -2.29. The molecule has 1 amide bonds. The molecule has 2 aromatic carbocycles. The number of para-hydroxylation sites is 1. The highest BCUT2D eigenvalue weighted by atomic mass is 35.5. The second-order valence-corrected chi connectivity index (χ2v) is 6.76. The molecule has 1 atom stereocenters. The van der Waals surface area contributed by atoms with Gasteiger partial charge in [-0.15, -0.1) is 0 Å². The molecule has 0 bridgehead atoms. The third kappa shape index (κ3) is 3.33. The van der Waals surface area contributed by atoms with Crippen molar-refractivity contribution in [3.05, 3.63) is 88.8 Å². The zero-order chi connectivity index (χ0) is 17.9. The largest absolute Gasteiger partial charge is 0.467 e. The zero-order valence-corrected chi connectivity index (χ0v) is 14.9. The third-order valence-electron chi connectivity index (χ3n) is 4.73. The van der Waals surface area contributed by atoms with Crippen molar-refractivity contribution in [3.8, 4) is 0 Å². The summed E-state index contributed by atoms with van der Waals surface area (Å²) < 4.78 is 5.67. The number of hydrogen-bond acceptors (Lipinski definition) is 3. The number of fused-ring (bicyclic) bond motifs is 1. The Morgan fingerprint density at radius 1 is 1.12 bits per heavy atom. The summed E-state index contributed by atoms with van der Waals surface area (Å²) in [5.41, 5.74) is 3.12. The first kappa shape index (κ1) is 16.7. The van der Waals surface area contributed by atoms with Crippen LogP contribution in [0.25, 0.3) is 0 Å². The molecule has 0 aliphatic carbocycles. The van der Waals surface area contributed by atoms with Gasteiger partial charge in [0.15, 0.2) is 0 Å². The van der Waals surface area contributed by atoms with Gasteiger partial charge in [-0.05, 0) is 54.4 Å². The number of nitrogens with zero attached hydrogens (tertiary/aromatic N) is 1. The molecule has 0 spiro atoms. The molecule has 0 unspecified atom stereocenters. The van der Waals surface area contributed by atoms with E-state index in [9.17, 15) is 4.79 Å². The van der Waals surface area contributed by atoms with E-state index in [1.807, 2.05) is 18.2 Å². The molecule has 0 radical (unpaired) electrons. The van der Waals surface area contributed by atoms with E-state index in [4.69, 9.17) is 16.0 Å². The summed E-state index contributed by atoms with van der Waals surface area (Å²) in [6.45, 7) is 1.37. The van der Waals surface area contributed by atoms with Crippen LogP contribution in [0.5, 0.6) is 0 Å². The number of halogens is 1. The molecule has 1 aliphatic rings. The number of rotatable bonds is 5. The Morgan fingerprint density at radius 3 is 2.69 bits per heavy atom. The fraction of sp³-hybridized carbons (Fsp3) is 0.190. The first-order valence-electron chi connectivity index (χ1n) is 8.64. The molecular weight excluding hydrogens is 348 g/mol. The smallest absolute Gasteiger partial charge is 0.251 e. The molecule has 5 heteroatoms. The maximum atomic E-state index is 12.5. The minimum absolute atomic E-state index is 0.0510. The lowest BCUT2D eigenvalue weighted by Crippen LogP contribution is -2.37. The second-order valence-electron chi connectivity index (χ2n) is 6.32. The predicted molar refractivity (Wildman–Crippen MR) is 103 cm³/mol. The summed E-state index contributed by atoms with van der Waals surface area (Å²) in [6, 6.07) is 19.1. The van der Waals surface area contributed by atoms with E-state index >= 15 is 0 Å².